The van der Waals surface area contributed by atoms with Crippen molar-refractivity contribution < 1.29 is 9.53 Å². The fourth-order valence-electron chi connectivity index (χ4n) is 4.29. The molecule has 138 valence electrons. The molecule has 0 bridgehead atoms. The maximum Gasteiger partial charge on any atom is 0.219 e. The number of amides is 1. The highest BCUT2D eigenvalue weighted by atomic mass is 16.5. The molecule has 3 rings (SSSR count). The molecule has 1 amide bonds. The lowest BCUT2D eigenvalue weighted by Gasteiger charge is -2.39. The number of hydrogen-bond donors (Lipinski definition) is 0. The molecule has 0 unspecified atom stereocenters. The first kappa shape index (κ1) is 18.2. The lowest BCUT2D eigenvalue weighted by atomic mass is 10.0. The van der Waals surface area contributed by atoms with Crippen molar-refractivity contribution in [3.05, 3.63) is 29.3 Å². The molecule has 25 heavy (non-hydrogen) atoms. The van der Waals surface area contributed by atoms with E-state index < -0.39 is 0 Å². The van der Waals surface area contributed by atoms with Crippen LogP contribution in [0.5, 0.6) is 5.75 Å². The van der Waals surface area contributed by atoms with Crippen LogP contribution in [-0.4, -0.2) is 73.0 Å². The van der Waals surface area contributed by atoms with Gasteiger partial charge in [0.25, 0.3) is 0 Å². The number of carbonyl (C=O) groups is 1. The van der Waals surface area contributed by atoms with Gasteiger partial charge in [-0.3, -0.25) is 14.6 Å². The Hall–Kier alpha value is -1.59. The Labute approximate surface area is 151 Å². The molecule has 2 aliphatic heterocycles. The Morgan fingerprint density at radius 1 is 1.20 bits per heavy atom. The third-order valence-corrected chi connectivity index (χ3v) is 5.71. The van der Waals surface area contributed by atoms with Crippen molar-refractivity contribution in [1.29, 1.82) is 0 Å². The van der Waals surface area contributed by atoms with E-state index in [4.69, 9.17) is 4.74 Å². The summed E-state index contributed by atoms with van der Waals surface area (Å²) in [7, 11) is 1.75. The minimum absolute atomic E-state index is 0.201. The Morgan fingerprint density at radius 2 is 1.92 bits per heavy atom. The van der Waals surface area contributed by atoms with Crippen LogP contribution in [0.4, 0.5) is 0 Å². The summed E-state index contributed by atoms with van der Waals surface area (Å²) in [5.41, 5.74) is 2.55. The second kappa shape index (κ2) is 7.75. The van der Waals surface area contributed by atoms with Crippen molar-refractivity contribution >= 4 is 5.91 Å². The highest BCUT2D eigenvalue weighted by Gasteiger charge is 2.35. The van der Waals surface area contributed by atoms with Crippen LogP contribution in [0, 0.1) is 12.8 Å². The zero-order valence-corrected chi connectivity index (χ0v) is 16.0. The van der Waals surface area contributed by atoms with Crippen LogP contribution in [0.25, 0.3) is 0 Å². The second-order valence-corrected chi connectivity index (χ2v) is 7.60. The second-order valence-electron chi connectivity index (χ2n) is 7.60. The zero-order valence-electron chi connectivity index (χ0n) is 16.0. The van der Waals surface area contributed by atoms with Crippen LogP contribution < -0.4 is 4.74 Å². The highest BCUT2D eigenvalue weighted by molar-refractivity contribution is 5.73. The summed E-state index contributed by atoms with van der Waals surface area (Å²) in [6, 6.07) is 7.00. The van der Waals surface area contributed by atoms with Gasteiger partial charge in [0.1, 0.15) is 5.75 Å². The zero-order chi connectivity index (χ0) is 18.0. The van der Waals surface area contributed by atoms with Crippen molar-refractivity contribution in [2.24, 2.45) is 5.92 Å². The molecule has 2 aliphatic rings. The molecule has 0 aliphatic carbocycles. The third-order valence-electron chi connectivity index (χ3n) is 5.71. The third kappa shape index (κ3) is 4.15. The van der Waals surface area contributed by atoms with Crippen molar-refractivity contribution in [3.8, 4) is 5.75 Å². The number of aryl methyl sites for hydroxylation is 1. The van der Waals surface area contributed by atoms with Gasteiger partial charge in [0, 0.05) is 64.3 Å². The molecule has 2 fully saturated rings. The minimum Gasteiger partial charge on any atom is -0.496 e. The van der Waals surface area contributed by atoms with E-state index in [1.54, 1.807) is 14.0 Å². The van der Waals surface area contributed by atoms with Crippen LogP contribution >= 0.6 is 0 Å². The summed E-state index contributed by atoms with van der Waals surface area (Å²) in [5, 5.41) is 0. The number of hydrogen-bond acceptors (Lipinski definition) is 4. The Morgan fingerprint density at radius 3 is 2.56 bits per heavy atom. The van der Waals surface area contributed by atoms with E-state index in [1.165, 1.54) is 11.1 Å². The van der Waals surface area contributed by atoms with Gasteiger partial charge in [-0.2, -0.15) is 0 Å². The van der Waals surface area contributed by atoms with Crippen molar-refractivity contribution in [1.82, 2.24) is 14.7 Å². The van der Waals surface area contributed by atoms with Gasteiger partial charge in [-0.1, -0.05) is 24.6 Å². The fourth-order valence-corrected chi connectivity index (χ4v) is 4.29. The summed E-state index contributed by atoms with van der Waals surface area (Å²) < 4.78 is 5.54. The van der Waals surface area contributed by atoms with Gasteiger partial charge in [0.15, 0.2) is 0 Å². The van der Waals surface area contributed by atoms with E-state index in [0.717, 1.165) is 51.6 Å². The molecular formula is C20H31N3O2. The highest BCUT2D eigenvalue weighted by Crippen LogP contribution is 2.27. The number of methoxy groups -OCH3 is 1. The predicted molar refractivity (Wildman–Crippen MR) is 99.8 cm³/mol. The average molecular weight is 345 g/mol. The maximum atomic E-state index is 11.5. The van der Waals surface area contributed by atoms with Gasteiger partial charge in [-0.25, -0.2) is 0 Å². The summed E-state index contributed by atoms with van der Waals surface area (Å²) in [6.07, 6.45) is 0. The predicted octanol–water partition coefficient (Wildman–Crippen LogP) is 1.99. The van der Waals surface area contributed by atoms with Crippen LogP contribution in [0.15, 0.2) is 18.2 Å². The molecule has 0 saturated carbocycles. The van der Waals surface area contributed by atoms with Crippen LogP contribution in [-0.2, 0) is 11.3 Å². The number of nitrogens with zero attached hydrogens (tertiary/aromatic N) is 3. The van der Waals surface area contributed by atoms with E-state index in [1.807, 2.05) is 4.90 Å². The molecule has 0 radical (unpaired) electrons. The van der Waals surface area contributed by atoms with Gasteiger partial charge in [0.05, 0.1) is 7.11 Å². The monoisotopic (exact) mass is 345 g/mol. The number of likely N-dealkylation sites (tertiary alicyclic amines) is 1. The lowest BCUT2D eigenvalue weighted by molar-refractivity contribution is -0.130. The molecular weight excluding hydrogens is 314 g/mol. The van der Waals surface area contributed by atoms with E-state index >= 15 is 0 Å². The number of carbonyl (C=O) groups excluding carboxylic acids is 1. The SMILES string of the molecule is COc1ccc(C)cc1CN1C[C@@H](C)[C@@H](N2CCN(C(C)=O)CC2)C1. The van der Waals surface area contributed by atoms with Crippen LogP contribution in [0.2, 0.25) is 0 Å². The molecule has 5 nitrogen and oxygen atoms in total. The van der Waals surface area contributed by atoms with Gasteiger partial charge >= 0.3 is 0 Å². The topological polar surface area (TPSA) is 36.0 Å². The molecule has 2 heterocycles. The quantitative estimate of drug-likeness (QED) is 0.836. The van der Waals surface area contributed by atoms with Crippen molar-refractivity contribution in [2.45, 2.75) is 33.4 Å². The van der Waals surface area contributed by atoms with E-state index in [-0.39, 0.29) is 5.91 Å². The first-order chi connectivity index (χ1) is 12.0. The largest absolute Gasteiger partial charge is 0.496 e. The van der Waals surface area contributed by atoms with Gasteiger partial charge in [-0.15, -0.1) is 0 Å². The average Bonchev–Trinajstić information content (AvgIpc) is 2.95. The molecule has 1 aromatic rings. The summed E-state index contributed by atoms with van der Waals surface area (Å²) in [4.78, 5) is 18.6. The minimum atomic E-state index is 0.201. The van der Waals surface area contributed by atoms with Crippen LogP contribution in [0.3, 0.4) is 0 Å². The van der Waals surface area contributed by atoms with Crippen molar-refractivity contribution in [2.75, 3.05) is 46.4 Å². The van der Waals surface area contributed by atoms with Crippen LogP contribution in [0.1, 0.15) is 25.0 Å². The van der Waals surface area contributed by atoms with E-state index in [0.29, 0.717) is 12.0 Å². The standard InChI is InChI=1S/C20H31N3O2/c1-15-5-6-20(25-4)18(11-15)13-21-12-16(2)19(14-21)23-9-7-22(8-10-23)17(3)24/h5-6,11,16,19H,7-10,12-14H2,1-4H3/t16-,19+/m1/s1. The summed E-state index contributed by atoms with van der Waals surface area (Å²) in [5.74, 6) is 1.84. The normalized spacial score (nSPS) is 25.4. The maximum absolute atomic E-state index is 11.5. The molecule has 2 atom stereocenters. The van der Waals surface area contributed by atoms with Crippen molar-refractivity contribution in [3.63, 3.8) is 0 Å². The number of piperazine rings is 1. The Kier molecular flexibility index (Phi) is 5.64. The van der Waals surface area contributed by atoms with Gasteiger partial charge < -0.3 is 9.64 Å². The molecule has 2 saturated heterocycles. The van der Waals surface area contributed by atoms with E-state index in [2.05, 4.69) is 41.8 Å². The van der Waals surface area contributed by atoms with Gasteiger partial charge in [-0.05, 0) is 18.9 Å². The molecule has 5 heteroatoms. The van der Waals surface area contributed by atoms with E-state index in [9.17, 15) is 4.79 Å². The number of ether oxygens (including phenoxy) is 1. The number of benzene rings is 1. The van der Waals surface area contributed by atoms with Gasteiger partial charge in [0.2, 0.25) is 5.91 Å². The summed E-state index contributed by atoms with van der Waals surface area (Å²) >= 11 is 0. The molecule has 0 spiro atoms. The first-order valence-corrected chi connectivity index (χ1v) is 9.33. The fraction of sp³-hybridized carbons (Fsp3) is 0.650. The first-order valence-electron chi connectivity index (χ1n) is 9.33. The summed E-state index contributed by atoms with van der Waals surface area (Å²) in [6.45, 7) is 13.0. The number of rotatable bonds is 4. The molecule has 1 aromatic carbocycles. The smallest absolute Gasteiger partial charge is 0.219 e. The molecule has 0 aromatic heterocycles. The lowest BCUT2D eigenvalue weighted by Crippen LogP contribution is -2.53. The Bertz CT molecular complexity index is 611. The molecule has 0 N–H and O–H groups in total. The Balaban J connectivity index is 1.60.